The Morgan fingerprint density at radius 1 is 0.769 bits per heavy atom. The van der Waals surface area contributed by atoms with Gasteiger partial charge in [0.25, 0.3) is 0 Å². The van der Waals surface area contributed by atoms with E-state index < -0.39 is 30.1 Å². The van der Waals surface area contributed by atoms with Crippen molar-refractivity contribution in [2.45, 2.75) is 71.5 Å². The quantitative estimate of drug-likeness (QED) is 0.362. The second-order valence-electron chi connectivity index (χ2n) is 11.6. The molecule has 0 aliphatic carbocycles. The molecule has 0 aromatic heterocycles. The minimum Gasteiger partial charge on any atom is -0.497 e. The van der Waals surface area contributed by atoms with E-state index in [-0.39, 0.29) is 22.0 Å². The third-order valence-corrected chi connectivity index (χ3v) is 6.58. The Hall–Kier alpha value is -3.65. The molecule has 2 atom stereocenters. The molecular weight excluding hydrogens is 500 g/mol. The lowest BCUT2D eigenvalue weighted by Gasteiger charge is -2.30. The van der Waals surface area contributed by atoms with Crippen LogP contribution >= 0.6 is 0 Å². The highest BCUT2D eigenvalue weighted by Crippen LogP contribution is 2.43. The number of hydrogen-bond acceptors (Lipinski definition) is 8. The molecule has 0 radical (unpaired) electrons. The molecule has 0 spiro atoms. The van der Waals surface area contributed by atoms with E-state index in [9.17, 15) is 14.4 Å². The van der Waals surface area contributed by atoms with E-state index in [0.717, 1.165) is 16.7 Å². The van der Waals surface area contributed by atoms with E-state index in [2.05, 4.69) is 0 Å². The second kappa shape index (κ2) is 11.2. The topological polar surface area (TPSA) is 97.4 Å². The van der Waals surface area contributed by atoms with Crippen molar-refractivity contribution in [1.29, 1.82) is 0 Å². The van der Waals surface area contributed by atoms with Gasteiger partial charge in [0.2, 0.25) is 0 Å². The highest BCUT2D eigenvalue weighted by Gasteiger charge is 2.48. The first kappa shape index (κ1) is 29.9. The molecule has 39 heavy (non-hydrogen) atoms. The van der Waals surface area contributed by atoms with Crippen LogP contribution in [0.5, 0.6) is 11.5 Å². The molecule has 8 nitrogen and oxygen atoms in total. The molecule has 1 aliphatic rings. The number of hydrogen-bond donors (Lipinski definition) is 0. The summed E-state index contributed by atoms with van der Waals surface area (Å²) >= 11 is 0. The Balaban J connectivity index is 2.17. The summed E-state index contributed by atoms with van der Waals surface area (Å²) in [6.45, 7) is 14.2. The molecule has 2 aromatic carbocycles. The first-order valence-electron chi connectivity index (χ1n) is 12.7. The molecule has 3 rings (SSSR count). The Bertz CT molecular complexity index is 1250. The van der Waals surface area contributed by atoms with Gasteiger partial charge in [-0.1, -0.05) is 71.4 Å². The van der Waals surface area contributed by atoms with Crippen molar-refractivity contribution in [1.82, 2.24) is 0 Å². The lowest BCUT2D eigenvalue weighted by atomic mass is 9.78. The Labute approximate surface area is 230 Å². The molecule has 1 heterocycles. The molecule has 0 amide bonds. The fourth-order valence-electron chi connectivity index (χ4n) is 4.56. The smallest absolute Gasteiger partial charge is 0.345 e. The highest BCUT2D eigenvalue weighted by molar-refractivity contribution is 6.07. The van der Waals surface area contributed by atoms with Gasteiger partial charge in [0.05, 0.1) is 32.5 Å². The lowest BCUT2D eigenvalue weighted by molar-refractivity contribution is -0.149. The van der Waals surface area contributed by atoms with Gasteiger partial charge in [-0.2, -0.15) is 0 Å². The molecule has 8 heteroatoms. The summed E-state index contributed by atoms with van der Waals surface area (Å²) in [4.78, 5) is 39.8. The molecule has 0 bridgehead atoms. The Morgan fingerprint density at radius 3 is 1.69 bits per heavy atom. The van der Waals surface area contributed by atoms with Crippen LogP contribution in [0.1, 0.15) is 69.9 Å². The summed E-state index contributed by atoms with van der Waals surface area (Å²) < 4.78 is 27.4. The average molecular weight is 539 g/mol. The van der Waals surface area contributed by atoms with Gasteiger partial charge in [-0.05, 0) is 35.4 Å². The monoisotopic (exact) mass is 538 g/mol. The summed E-state index contributed by atoms with van der Waals surface area (Å²) in [6.07, 6.45) is -2.60. The SMILES string of the molecule is COC(=O)C1=C(C(=O)OC)[C@H](c2ccc(OC)cc2)O[C@H]1C(=O)Oc1c(C(C)(C)C)cc(C)cc1C(C)(C)C. The van der Waals surface area contributed by atoms with Crippen LogP contribution in [-0.4, -0.2) is 45.3 Å². The van der Waals surface area contributed by atoms with E-state index in [1.807, 2.05) is 60.6 Å². The van der Waals surface area contributed by atoms with Gasteiger partial charge < -0.3 is 23.7 Å². The van der Waals surface area contributed by atoms with Crippen LogP contribution < -0.4 is 9.47 Å². The van der Waals surface area contributed by atoms with Crippen LogP contribution in [0.4, 0.5) is 0 Å². The van der Waals surface area contributed by atoms with Crippen molar-refractivity contribution in [2.75, 3.05) is 21.3 Å². The van der Waals surface area contributed by atoms with Gasteiger partial charge in [0.15, 0.2) is 6.10 Å². The van der Waals surface area contributed by atoms with E-state index in [1.54, 1.807) is 24.3 Å². The van der Waals surface area contributed by atoms with Gasteiger partial charge in [-0.25, -0.2) is 14.4 Å². The van der Waals surface area contributed by atoms with Gasteiger partial charge in [0.1, 0.15) is 17.6 Å². The molecule has 0 unspecified atom stereocenters. The summed E-state index contributed by atoms with van der Waals surface area (Å²) in [5, 5.41) is 0. The van der Waals surface area contributed by atoms with Crippen LogP contribution in [0.3, 0.4) is 0 Å². The molecule has 0 N–H and O–H groups in total. The van der Waals surface area contributed by atoms with Gasteiger partial charge in [-0.3, -0.25) is 0 Å². The van der Waals surface area contributed by atoms with E-state index >= 15 is 0 Å². The fraction of sp³-hybridized carbons (Fsp3) is 0.452. The summed E-state index contributed by atoms with van der Waals surface area (Å²) in [6, 6.07) is 10.7. The number of methoxy groups -OCH3 is 3. The molecule has 1 aliphatic heterocycles. The van der Waals surface area contributed by atoms with Gasteiger partial charge in [-0.15, -0.1) is 0 Å². The molecule has 0 saturated carbocycles. The average Bonchev–Trinajstić information content (AvgIpc) is 3.28. The van der Waals surface area contributed by atoms with Crippen LogP contribution in [-0.2, 0) is 39.4 Å². The predicted molar refractivity (Wildman–Crippen MR) is 146 cm³/mol. The number of rotatable bonds is 6. The van der Waals surface area contributed by atoms with Gasteiger partial charge in [0, 0.05) is 11.1 Å². The largest absolute Gasteiger partial charge is 0.497 e. The highest BCUT2D eigenvalue weighted by atomic mass is 16.6. The van der Waals surface area contributed by atoms with Crippen LogP contribution in [0.2, 0.25) is 0 Å². The third kappa shape index (κ3) is 6.17. The summed E-state index contributed by atoms with van der Waals surface area (Å²) in [5.74, 6) is -1.54. The Kier molecular flexibility index (Phi) is 8.60. The number of ether oxygens (including phenoxy) is 5. The number of carbonyl (C=O) groups excluding carboxylic acids is 3. The zero-order valence-corrected chi connectivity index (χ0v) is 24.4. The third-order valence-electron chi connectivity index (χ3n) is 6.58. The fourth-order valence-corrected chi connectivity index (χ4v) is 4.56. The van der Waals surface area contributed by atoms with Crippen molar-refractivity contribution in [3.8, 4) is 11.5 Å². The number of benzene rings is 2. The number of aryl methyl sites for hydroxylation is 1. The first-order chi connectivity index (χ1) is 18.1. The summed E-state index contributed by atoms with van der Waals surface area (Å²) in [7, 11) is 3.90. The zero-order valence-electron chi connectivity index (χ0n) is 24.4. The second-order valence-corrected chi connectivity index (χ2v) is 11.6. The molecule has 0 saturated heterocycles. The van der Waals surface area contributed by atoms with Crippen LogP contribution in [0.15, 0.2) is 47.5 Å². The van der Waals surface area contributed by atoms with E-state index in [0.29, 0.717) is 17.1 Å². The zero-order chi connectivity index (χ0) is 29.3. The minimum absolute atomic E-state index is 0.118. The number of esters is 3. The maximum atomic E-state index is 13.9. The Morgan fingerprint density at radius 2 is 1.26 bits per heavy atom. The number of carbonyl (C=O) groups is 3. The van der Waals surface area contributed by atoms with Crippen molar-refractivity contribution in [2.24, 2.45) is 0 Å². The molecular formula is C31H38O8. The molecule has 0 fully saturated rings. The standard InChI is InChI=1S/C31H38O8/c1-17-15-20(30(2,3)4)25(21(16-17)31(5,6)7)39-29(34)26-23(28(33)37-10)22(27(32)36-9)24(38-26)18-11-13-19(35-8)14-12-18/h11-16,24,26H,1-10H3/t24-,26+/m0/s1. The lowest BCUT2D eigenvalue weighted by Crippen LogP contribution is -2.33. The van der Waals surface area contributed by atoms with E-state index in [1.165, 1.54) is 21.3 Å². The first-order valence-corrected chi connectivity index (χ1v) is 12.7. The summed E-state index contributed by atoms with van der Waals surface area (Å²) in [5.41, 5.74) is 2.14. The van der Waals surface area contributed by atoms with Crippen LogP contribution in [0, 0.1) is 6.92 Å². The van der Waals surface area contributed by atoms with Gasteiger partial charge >= 0.3 is 17.9 Å². The van der Waals surface area contributed by atoms with E-state index in [4.69, 9.17) is 23.7 Å². The normalized spacial score (nSPS) is 17.6. The maximum absolute atomic E-state index is 13.9. The maximum Gasteiger partial charge on any atom is 0.345 e. The van der Waals surface area contributed by atoms with Crippen molar-refractivity contribution in [3.05, 3.63) is 69.8 Å². The van der Waals surface area contributed by atoms with Crippen LogP contribution in [0.25, 0.3) is 0 Å². The predicted octanol–water partition coefficient (Wildman–Crippen LogP) is 5.29. The minimum atomic E-state index is -1.53. The van der Waals surface area contributed by atoms with Crippen molar-refractivity contribution < 1.29 is 38.1 Å². The van der Waals surface area contributed by atoms with Crippen molar-refractivity contribution >= 4 is 17.9 Å². The molecule has 210 valence electrons. The van der Waals surface area contributed by atoms with Crippen molar-refractivity contribution in [3.63, 3.8) is 0 Å². The molecule has 2 aromatic rings.